The molecule has 0 bridgehead atoms. The van der Waals surface area contributed by atoms with Gasteiger partial charge in [0.25, 0.3) is 0 Å². The highest BCUT2D eigenvalue weighted by molar-refractivity contribution is 14.1. The second-order valence-electron chi connectivity index (χ2n) is 8.53. The third-order valence-corrected chi connectivity index (χ3v) is 7.18. The van der Waals surface area contributed by atoms with Gasteiger partial charge in [-0.3, -0.25) is 5.01 Å². The summed E-state index contributed by atoms with van der Waals surface area (Å²) >= 11 is 7.70. The maximum atomic E-state index is 10.3. The molecule has 3 rings (SSSR count). The molecule has 1 heterocycles. The number of hydrogen-bond acceptors (Lipinski definition) is 8. The van der Waals surface area contributed by atoms with Gasteiger partial charge in [0.1, 0.15) is 40.6 Å². The molecule has 0 aliphatic carbocycles. The van der Waals surface area contributed by atoms with Crippen molar-refractivity contribution < 1.29 is 24.8 Å². The van der Waals surface area contributed by atoms with E-state index in [0.29, 0.717) is 23.7 Å². The van der Waals surface area contributed by atoms with Crippen molar-refractivity contribution in [2.24, 2.45) is 0 Å². The van der Waals surface area contributed by atoms with Gasteiger partial charge >= 0.3 is 0 Å². The van der Waals surface area contributed by atoms with E-state index in [0.717, 1.165) is 14.8 Å². The Bertz CT molecular complexity index is 956. The number of alkyl halides is 1. The quantitative estimate of drug-likeness (QED) is 0.143. The Labute approximate surface area is 218 Å². The molecule has 1 aliphatic rings. The molecule has 5 N–H and O–H groups in total. The highest BCUT2D eigenvalue weighted by Gasteiger charge is 2.24. The van der Waals surface area contributed by atoms with Crippen molar-refractivity contribution in [1.29, 1.82) is 0 Å². The van der Waals surface area contributed by atoms with Crippen LogP contribution in [0.5, 0.6) is 11.5 Å². The number of rotatable bonds is 12. The maximum Gasteiger partial charge on any atom is 0.119 e. The van der Waals surface area contributed by atoms with Gasteiger partial charge in [0, 0.05) is 5.41 Å². The maximum absolute atomic E-state index is 10.3. The second kappa shape index (κ2) is 12.3. The summed E-state index contributed by atoms with van der Waals surface area (Å²) in [6.07, 6.45) is -1.41. The zero-order chi connectivity index (χ0) is 24.7. The highest BCUT2D eigenvalue weighted by Crippen LogP contribution is 2.33. The predicted octanol–water partition coefficient (Wildman–Crippen LogP) is 2.65. The number of aliphatic hydroxyl groups is 3. The van der Waals surface area contributed by atoms with Gasteiger partial charge in [0.15, 0.2) is 0 Å². The minimum Gasteiger partial charge on any atom is -0.491 e. The van der Waals surface area contributed by atoms with Crippen molar-refractivity contribution in [1.82, 2.24) is 16.0 Å². The van der Waals surface area contributed by atoms with E-state index in [9.17, 15) is 15.3 Å². The molecule has 2 aromatic rings. The van der Waals surface area contributed by atoms with Crippen molar-refractivity contribution in [3.63, 3.8) is 0 Å². The Kier molecular flexibility index (Phi) is 9.69. The Hall–Kier alpha value is -1.76. The Balaban J connectivity index is 1.54. The summed E-state index contributed by atoms with van der Waals surface area (Å²) in [5.74, 6) is 1.50. The van der Waals surface area contributed by atoms with Crippen molar-refractivity contribution in [3.8, 4) is 11.5 Å². The third kappa shape index (κ3) is 6.89. The van der Waals surface area contributed by atoms with Crippen LogP contribution in [-0.4, -0.2) is 64.8 Å². The first kappa shape index (κ1) is 26.8. The molecule has 0 saturated heterocycles. The second-order valence-corrected chi connectivity index (χ2v) is 9.86. The molecule has 0 spiro atoms. The third-order valence-electron chi connectivity index (χ3n) is 5.59. The average molecular weight is 604 g/mol. The fraction of sp³-hybridized carbons (Fsp3) is 0.417. The summed E-state index contributed by atoms with van der Waals surface area (Å²) in [6.45, 7) is 4.80. The van der Waals surface area contributed by atoms with E-state index in [1.165, 1.54) is 0 Å². The van der Waals surface area contributed by atoms with Gasteiger partial charge in [-0.1, -0.05) is 38.1 Å². The number of hydrogen-bond donors (Lipinski definition) is 5. The number of hydrazine groups is 2. The molecule has 0 radical (unpaired) electrons. The highest BCUT2D eigenvalue weighted by atomic mass is 127. The predicted molar refractivity (Wildman–Crippen MR) is 140 cm³/mol. The molecule has 2 atom stereocenters. The lowest BCUT2D eigenvalue weighted by Gasteiger charge is -2.27. The van der Waals surface area contributed by atoms with Crippen LogP contribution in [-0.2, 0) is 5.41 Å². The summed E-state index contributed by atoms with van der Waals surface area (Å²) in [4.78, 5) is 0. The summed E-state index contributed by atoms with van der Waals surface area (Å²) in [5.41, 5.74) is 8.42. The minimum absolute atomic E-state index is 0.103. The number of nitrogens with zero attached hydrogens (tertiary/aromatic N) is 1. The largest absolute Gasteiger partial charge is 0.491 e. The van der Waals surface area contributed by atoms with Gasteiger partial charge in [0.2, 0.25) is 0 Å². The fourth-order valence-corrected chi connectivity index (χ4v) is 4.14. The van der Waals surface area contributed by atoms with E-state index in [4.69, 9.17) is 21.1 Å². The molecule has 0 amide bonds. The molecule has 0 unspecified atom stereocenters. The van der Waals surface area contributed by atoms with E-state index >= 15 is 0 Å². The van der Waals surface area contributed by atoms with Crippen molar-refractivity contribution in [2.75, 3.05) is 32.2 Å². The van der Waals surface area contributed by atoms with Crippen molar-refractivity contribution in [2.45, 2.75) is 31.5 Å². The van der Waals surface area contributed by atoms with Crippen LogP contribution in [0.25, 0.3) is 0 Å². The van der Waals surface area contributed by atoms with E-state index in [-0.39, 0.29) is 31.1 Å². The summed E-state index contributed by atoms with van der Waals surface area (Å²) in [7, 11) is 0. The molecule has 0 aromatic heterocycles. The van der Waals surface area contributed by atoms with Gasteiger partial charge in [-0.05, 0) is 58.0 Å². The molecule has 0 saturated carbocycles. The molecular weight excluding hydrogens is 573 g/mol. The normalized spacial score (nSPS) is 15.8. The topological polar surface area (TPSA) is 106 Å². The lowest BCUT2D eigenvalue weighted by Crippen LogP contribution is -2.43. The number of β-amino-alcohol motifs (C(OH)–C–C–N with tert-alkyl or cyclic N) is 1. The summed E-state index contributed by atoms with van der Waals surface area (Å²) in [6, 6.07) is 15.7. The van der Waals surface area contributed by atoms with E-state index in [1.807, 2.05) is 48.5 Å². The number of nitrogens with one attached hydrogen (secondary N) is 2. The molecule has 34 heavy (non-hydrogen) atoms. The lowest BCUT2D eigenvalue weighted by atomic mass is 9.78. The molecule has 0 fully saturated rings. The van der Waals surface area contributed by atoms with Gasteiger partial charge in [-0.15, -0.1) is 17.1 Å². The number of halogens is 2. The van der Waals surface area contributed by atoms with Crippen LogP contribution in [0, 0.1) is 0 Å². The van der Waals surface area contributed by atoms with Crippen molar-refractivity contribution >= 4 is 34.2 Å². The monoisotopic (exact) mass is 603 g/mol. The smallest absolute Gasteiger partial charge is 0.119 e. The van der Waals surface area contributed by atoms with E-state index < -0.39 is 12.2 Å². The van der Waals surface area contributed by atoms with E-state index in [1.54, 1.807) is 5.01 Å². The van der Waals surface area contributed by atoms with Crippen LogP contribution in [0.1, 0.15) is 25.0 Å². The fourth-order valence-electron chi connectivity index (χ4n) is 3.42. The Morgan fingerprint density at radius 3 is 1.88 bits per heavy atom. The zero-order valence-electron chi connectivity index (χ0n) is 19.2. The first-order valence-corrected chi connectivity index (χ1v) is 12.5. The van der Waals surface area contributed by atoms with Gasteiger partial charge < -0.3 is 30.2 Å². The molecular formula is C24H31ClIN3O5. The number of aliphatic hydroxyl groups excluding tert-OH is 3. The van der Waals surface area contributed by atoms with Gasteiger partial charge in [-0.25, -0.2) is 0 Å². The van der Waals surface area contributed by atoms with Crippen LogP contribution >= 0.6 is 34.2 Å². The van der Waals surface area contributed by atoms with Crippen LogP contribution in [0.3, 0.4) is 0 Å². The van der Waals surface area contributed by atoms with Crippen molar-refractivity contribution in [3.05, 3.63) is 69.1 Å². The SMILES string of the molecule is CC(C)(c1ccc(OC[C@@H](O)CN2NNC(CO)=C2I)cc1)c1ccc(OC[C@@H](O)CCl)cc1. The van der Waals surface area contributed by atoms with Crippen LogP contribution in [0.4, 0.5) is 0 Å². The average Bonchev–Trinajstić information content (AvgIpc) is 3.20. The molecule has 8 nitrogen and oxygen atoms in total. The van der Waals surface area contributed by atoms with Crippen LogP contribution < -0.4 is 20.4 Å². The first-order valence-electron chi connectivity index (χ1n) is 10.9. The molecule has 2 aromatic carbocycles. The molecule has 10 heteroatoms. The summed E-state index contributed by atoms with van der Waals surface area (Å²) < 4.78 is 12.1. The minimum atomic E-state index is -0.723. The number of benzene rings is 2. The standard InChI is InChI=1S/C24H31ClIN3O5/c1-24(2,16-3-7-20(8-4-16)33-14-18(31)11-25)17-5-9-21(10-6-17)34-15-19(32)12-29-23(26)22(13-30)27-28-29/h3-10,18-19,27-28,30-32H,11-15H2,1-2H3/t18-,19-/m0/s1. The lowest BCUT2D eigenvalue weighted by molar-refractivity contribution is 0.0680. The van der Waals surface area contributed by atoms with Gasteiger partial charge in [-0.2, -0.15) is 0 Å². The van der Waals surface area contributed by atoms with Crippen LogP contribution in [0.2, 0.25) is 0 Å². The Morgan fingerprint density at radius 2 is 1.44 bits per heavy atom. The zero-order valence-corrected chi connectivity index (χ0v) is 22.1. The summed E-state index contributed by atoms with van der Waals surface area (Å²) in [5, 5.41) is 30.8. The van der Waals surface area contributed by atoms with Gasteiger partial charge in [0.05, 0.1) is 24.7 Å². The van der Waals surface area contributed by atoms with E-state index in [2.05, 4.69) is 47.4 Å². The van der Waals surface area contributed by atoms with Crippen LogP contribution in [0.15, 0.2) is 57.9 Å². The first-order chi connectivity index (χ1) is 16.2. The molecule has 1 aliphatic heterocycles. The molecule has 186 valence electrons. The number of ether oxygens (including phenoxy) is 2. The Morgan fingerprint density at radius 1 is 0.941 bits per heavy atom.